The summed E-state index contributed by atoms with van der Waals surface area (Å²) >= 11 is 0. The van der Waals surface area contributed by atoms with E-state index >= 15 is 0 Å². The Bertz CT molecular complexity index is 890. The van der Waals surface area contributed by atoms with E-state index in [-0.39, 0.29) is 11.3 Å². The Kier molecular flexibility index (Phi) is 4.11. The van der Waals surface area contributed by atoms with Crippen LogP contribution in [0.15, 0.2) is 48.7 Å². The Balaban J connectivity index is 2.11. The lowest BCUT2D eigenvalue weighted by Gasteiger charge is -2.17. The van der Waals surface area contributed by atoms with Gasteiger partial charge in [-0.15, -0.1) is 0 Å². The molecule has 1 amide bonds. The van der Waals surface area contributed by atoms with E-state index in [0.29, 0.717) is 17.8 Å². The van der Waals surface area contributed by atoms with Crippen LogP contribution in [-0.4, -0.2) is 15.7 Å². The molecular formula is C19H22N4O. The van der Waals surface area contributed by atoms with Crippen LogP contribution < -0.4 is 11.3 Å². The Labute approximate surface area is 141 Å². The van der Waals surface area contributed by atoms with Crippen molar-refractivity contribution in [1.82, 2.24) is 15.2 Å². The minimum Gasteiger partial charge on any atom is -0.290 e. The van der Waals surface area contributed by atoms with E-state index in [1.54, 1.807) is 6.20 Å². The molecule has 0 atom stereocenters. The van der Waals surface area contributed by atoms with E-state index in [0.717, 1.165) is 16.3 Å². The smallest absolute Gasteiger partial charge is 0.269 e. The van der Waals surface area contributed by atoms with Gasteiger partial charge in [0.1, 0.15) is 5.69 Å². The third-order valence-electron chi connectivity index (χ3n) is 3.80. The normalized spacial score (nSPS) is 11.7. The second-order valence-electron chi connectivity index (χ2n) is 7.19. The maximum Gasteiger partial charge on any atom is 0.269 e. The number of fused-ring (bicyclic) bond motifs is 1. The van der Waals surface area contributed by atoms with Crippen LogP contribution >= 0.6 is 0 Å². The van der Waals surface area contributed by atoms with Gasteiger partial charge in [0.25, 0.3) is 5.91 Å². The van der Waals surface area contributed by atoms with E-state index in [9.17, 15) is 4.79 Å². The fourth-order valence-corrected chi connectivity index (χ4v) is 2.78. The Morgan fingerprint density at radius 1 is 1.17 bits per heavy atom. The average Bonchev–Trinajstić information content (AvgIpc) is 2.95. The highest BCUT2D eigenvalue weighted by Crippen LogP contribution is 2.27. The minimum atomic E-state index is -0.335. The number of hydrogen-bond acceptors (Lipinski definition) is 3. The number of carbonyl (C=O) groups is 1. The first-order chi connectivity index (χ1) is 11.4. The number of nitrogen functional groups attached to an aromatic ring is 1. The van der Waals surface area contributed by atoms with Gasteiger partial charge in [0, 0.05) is 18.3 Å². The summed E-state index contributed by atoms with van der Waals surface area (Å²) in [6.07, 6.45) is 1.76. The highest BCUT2D eigenvalue weighted by Gasteiger charge is 2.20. The summed E-state index contributed by atoms with van der Waals surface area (Å²) in [5, 5.41) is 6.91. The van der Waals surface area contributed by atoms with Gasteiger partial charge in [-0.05, 0) is 22.3 Å². The average molecular weight is 322 g/mol. The number of amides is 1. The number of hydrogen-bond donors (Lipinski definition) is 2. The molecule has 24 heavy (non-hydrogen) atoms. The van der Waals surface area contributed by atoms with E-state index < -0.39 is 0 Å². The number of aromatic nitrogens is 2. The van der Waals surface area contributed by atoms with Crippen molar-refractivity contribution < 1.29 is 4.79 Å². The molecule has 1 aromatic heterocycles. The van der Waals surface area contributed by atoms with Crippen molar-refractivity contribution in [2.45, 2.75) is 27.3 Å². The topological polar surface area (TPSA) is 72.9 Å². The number of nitrogens with one attached hydrogen (secondary N) is 1. The molecule has 0 unspecified atom stereocenters. The zero-order valence-corrected chi connectivity index (χ0v) is 14.2. The summed E-state index contributed by atoms with van der Waals surface area (Å²) in [6.45, 7) is 7.11. The predicted molar refractivity (Wildman–Crippen MR) is 96.3 cm³/mol. The Morgan fingerprint density at radius 2 is 1.88 bits per heavy atom. The van der Waals surface area contributed by atoms with Crippen LogP contribution in [0, 0.1) is 5.41 Å². The first-order valence-corrected chi connectivity index (χ1v) is 7.95. The lowest BCUT2D eigenvalue weighted by atomic mass is 9.97. The number of hydrazine groups is 1. The predicted octanol–water partition coefficient (Wildman–Crippen LogP) is 3.35. The third kappa shape index (κ3) is 3.31. The van der Waals surface area contributed by atoms with Gasteiger partial charge < -0.3 is 0 Å². The Morgan fingerprint density at radius 3 is 2.54 bits per heavy atom. The molecule has 0 aliphatic rings. The summed E-state index contributed by atoms with van der Waals surface area (Å²) in [5.41, 5.74) is 4.30. The molecule has 0 bridgehead atoms. The van der Waals surface area contributed by atoms with Gasteiger partial charge in [-0.25, -0.2) is 5.84 Å². The standard InChI is InChI=1S/C19H22N4O/c1-19(2,3)12-23-11-16(18(24)21-20)17(22-23)15-9-8-13-6-4-5-7-14(13)10-15/h4-11H,12,20H2,1-3H3,(H,21,24). The molecule has 0 saturated heterocycles. The molecule has 3 N–H and O–H groups in total. The lowest BCUT2D eigenvalue weighted by molar-refractivity contribution is 0.0954. The van der Waals surface area contributed by atoms with Crippen molar-refractivity contribution in [3.8, 4) is 11.3 Å². The number of benzene rings is 2. The van der Waals surface area contributed by atoms with Crippen molar-refractivity contribution in [2.75, 3.05) is 0 Å². The van der Waals surface area contributed by atoms with E-state index in [1.165, 1.54) is 0 Å². The van der Waals surface area contributed by atoms with E-state index in [4.69, 9.17) is 5.84 Å². The molecule has 5 nitrogen and oxygen atoms in total. The zero-order chi connectivity index (χ0) is 17.3. The summed E-state index contributed by atoms with van der Waals surface area (Å²) in [4.78, 5) is 12.2. The molecule has 1 heterocycles. The van der Waals surface area contributed by atoms with Gasteiger partial charge in [-0.3, -0.25) is 14.9 Å². The Hall–Kier alpha value is -2.66. The molecule has 0 spiro atoms. The fraction of sp³-hybridized carbons (Fsp3) is 0.263. The van der Waals surface area contributed by atoms with Crippen LogP contribution in [0.25, 0.3) is 22.0 Å². The van der Waals surface area contributed by atoms with Crippen LogP contribution in [-0.2, 0) is 6.54 Å². The molecule has 0 aliphatic carbocycles. The van der Waals surface area contributed by atoms with Crippen LogP contribution in [0.4, 0.5) is 0 Å². The fourth-order valence-electron chi connectivity index (χ4n) is 2.78. The third-order valence-corrected chi connectivity index (χ3v) is 3.80. The van der Waals surface area contributed by atoms with Crippen LogP contribution in [0.1, 0.15) is 31.1 Å². The van der Waals surface area contributed by atoms with Crippen molar-refractivity contribution in [2.24, 2.45) is 11.3 Å². The van der Waals surface area contributed by atoms with Gasteiger partial charge in [0.15, 0.2) is 0 Å². The minimum absolute atomic E-state index is 0.0587. The second-order valence-corrected chi connectivity index (χ2v) is 7.19. The van der Waals surface area contributed by atoms with Crippen LogP contribution in [0.3, 0.4) is 0 Å². The molecule has 0 fully saturated rings. The zero-order valence-electron chi connectivity index (χ0n) is 14.2. The van der Waals surface area contributed by atoms with Gasteiger partial charge in [-0.1, -0.05) is 57.2 Å². The first-order valence-electron chi connectivity index (χ1n) is 7.95. The van der Waals surface area contributed by atoms with Crippen LogP contribution in [0.2, 0.25) is 0 Å². The van der Waals surface area contributed by atoms with Gasteiger partial charge in [0.05, 0.1) is 5.56 Å². The van der Waals surface area contributed by atoms with E-state index in [1.807, 2.05) is 41.1 Å². The first kappa shape index (κ1) is 16.2. The van der Waals surface area contributed by atoms with Crippen molar-refractivity contribution in [3.63, 3.8) is 0 Å². The molecule has 0 saturated carbocycles. The molecule has 124 valence electrons. The van der Waals surface area contributed by atoms with Crippen LogP contribution in [0.5, 0.6) is 0 Å². The van der Waals surface area contributed by atoms with Gasteiger partial charge in [0.2, 0.25) is 0 Å². The molecule has 3 aromatic rings. The summed E-state index contributed by atoms with van der Waals surface area (Å²) in [6, 6.07) is 14.2. The number of nitrogens with two attached hydrogens (primary N) is 1. The molecule has 0 aliphatic heterocycles. The molecular weight excluding hydrogens is 300 g/mol. The number of rotatable bonds is 3. The van der Waals surface area contributed by atoms with Crippen molar-refractivity contribution in [3.05, 3.63) is 54.2 Å². The lowest BCUT2D eigenvalue weighted by Crippen LogP contribution is -2.30. The molecule has 2 aromatic carbocycles. The quantitative estimate of drug-likeness (QED) is 0.441. The highest BCUT2D eigenvalue weighted by atomic mass is 16.2. The SMILES string of the molecule is CC(C)(C)Cn1cc(C(=O)NN)c(-c2ccc3ccccc3c2)n1. The highest BCUT2D eigenvalue weighted by molar-refractivity contribution is 6.00. The molecule has 0 radical (unpaired) electrons. The summed E-state index contributed by atoms with van der Waals surface area (Å²) < 4.78 is 1.81. The van der Waals surface area contributed by atoms with E-state index in [2.05, 4.69) is 37.4 Å². The van der Waals surface area contributed by atoms with Crippen molar-refractivity contribution in [1.29, 1.82) is 0 Å². The maximum absolute atomic E-state index is 12.2. The molecule has 5 heteroatoms. The summed E-state index contributed by atoms with van der Waals surface area (Å²) in [7, 11) is 0. The maximum atomic E-state index is 12.2. The largest absolute Gasteiger partial charge is 0.290 e. The molecule has 3 rings (SSSR count). The van der Waals surface area contributed by atoms with Crippen molar-refractivity contribution >= 4 is 16.7 Å². The van der Waals surface area contributed by atoms with Gasteiger partial charge >= 0.3 is 0 Å². The van der Waals surface area contributed by atoms with Gasteiger partial charge in [-0.2, -0.15) is 5.10 Å². The number of nitrogens with zero attached hydrogens (tertiary/aromatic N) is 2. The second kappa shape index (κ2) is 6.09. The monoisotopic (exact) mass is 322 g/mol. The summed E-state index contributed by atoms with van der Waals surface area (Å²) in [5.74, 6) is 5.01. The number of carbonyl (C=O) groups excluding carboxylic acids is 1.